The monoisotopic (exact) mass is 667 g/mol. The summed E-state index contributed by atoms with van der Waals surface area (Å²) in [6.45, 7) is 4.76. The normalized spacial score (nSPS) is 15.5. The van der Waals surface area contributed by atoms with E-state index in [0.29, 0.717) is 0 Å². The van der Waals surface area contributed by atoms with Crippen molar-refractivity contribution in [1.29, 1.82) is 0 Å². The Labute approximate surface area is 304 Å². The molecule has 0 saturated heterocycles. The van der Waals surface area contributed by atoms with Crippen LogP contribution in [0.25, 0.3) is 65.7 Å². The van der Waals surface area contributed by atoms with E-state index in [9.17, 15) is 0 Å². The third-order valence-corrected chi connectivity index (χ3v) is 11.1. The Kier molecular flexibility index (Phi) is 6.91. The third-order valence-electron chi connectivity index (χ3n) is 11.1. The quantitative estimate of drug-likeness (QED) is 0.185. The Morgan fingerprint density at radius 3 is 1.96 bits per heavy atom. The molecule has 8 aromatic rings. The van der Waals surface area contributed by atoms with Crippen LogP contribution in [-0.2, 0) is 5.41 Å². The Morgan fingerprint density at radius 2 is 1.21 bits per heavy atom. The molecule has 0 bridgehead atoms. The zero-order valence-electron chi connectivity index (χ0n) is 29.2. The van der Waals surface area contributed by atoms with Crippen molar-refractivity contribution in [1.82, 2.24) is 10.3 Å². The van der Waals surface area contributed by atoms with Crippen LogP contribution in [0.4, 0.5) is 11.5 Å². The maximum Gasteiger partial charge on any atom is 0.134 e. The van der Waals surface area contributed by atoms with Gasteiger partial charge in [-0.15, -0.1) is 0 Å². The van der Waals surface area contributed by atoms with Crippen molar-refractivity contribution < 1.29 is 0 Å². The van der Waals surface area contributed by atoms with E-state index >= 15 is 0 Å². The number of anilines is 2. The Balaban J connectivity index is 1.35. The lowest BCUT2D eigenvalue weighted by molar-refractivity contribution is 0.661. The van der Waals surface area contributed by atoms with Crippen LogP contribution >= 0.6 is 0 Å². The molecule has 1 aromatic heterocycles. The van der Waals surface area contributed by atoms with E-state index in [1.54, 1.807) is 0 Å². The molecule has 0 radical (unpaired) electrons. The molecular weight excluding hydrogens is 631 g/mol. The largest absolute Gasteiger partial charge is 0.368 e. The number of benzene rings is 7. The minimum Gasteiger partial charge on any atom is -0.368 e. The molecule has 52 heavy (non-hydrogen) atoms. The fourth-order valence-electron chi connectivity index (χ4n) is 8.81. The molecule has 1 aliphatic carbocycles. The summed E-state index contributed by atoms with van der Waals surface area (Å²) in [4.78, 5) is 7.14. The first-order valence-electron chi connectivity index (χ1n) is 18.1. The van der Waals surface area contributed by atoms with Gasteiger partial charge in [-0.25, -0.2) is 4.98 Å². The highest BCUT2D eigenvalue weighted by Crippen LogP contribution is 2.55. The fraction of sp³-hybridized carbons (Fsp3) is 0.0816. The van der Waals surface area contributed by atoms with E-state index in [4.69, 9.17) is 4.98 Å². The van der Waals surface area contributed by atoms with E-state index in [-0.39, 0.29) is 11.6 Å². The molecule has 3 nitrogen and oxygen atoms in total. The lowest BCUT2D eigenvalue weighted by Gasteiger charge is -2.32. The van der Waals surface area contributed by atoms with Crippen molar-refractivity contribution >= 4 is 43.8 Å². The molecule has 2 aliphatic rings. The van der Waals surface area contributed by atoms with Crippen molar-refractivity contribution in [3.63, 3.8) is 0 Å². The average Bonchev–Trinajstić information content (AvgIpc) is 3.44. The molecule has 1 aliphatic heterocycles. The van der Waals surface area contributed by atoms with Gasteiger partial charge < -0.3 is 10.2 Å². The molecule has 0 saturated carbocycles. The maximum atomic E-state index is 4.85. The minimum atomic E-state index is -0.145. The van der Waals surface area contributed by atoms with Crippen LogP contribution in [0.3, 0.4) is 0 Å². The van der Waals surface area contributed by atoms with Crippen LogP contribution in [0.5, 0.6) is 0 Å². The third kappa shape index (κ3) is 4.56. The number of allylic oxidation sites excluding steroid dienone is 2. The van der Waals surface area contributed by atoms with Gasteiger partial charge in [0.2, 0.25) is 0 Å². The first kappa shape index (κ1) is 30.4. The van der Waals surface area contributed by atoms with E-state index in [0.717, 1.165) is 11.5 Å². The van der Waals surface area contributed by atoms with E-state index in [1.165, 1.54) is 76.8 Å². The number of hydrogen-bond acceptors (Lipinski definition) is 3. The molecular formula is C49H37N3. The standard InChI is InChI=1S/C49H37N3/c1-49(2)42-23-11-10-22-39(42)48-35-19-7-6-18-34(35)41(31-43(48)49)47-37-21-9-8-20-36(37)46(32-16-4-3-5-17-32)38-27-26-33(30-40(38)47)52(44-24-12-14-28-50-44)45-25-13-15-29-51-45/h3-31,44,50H,1-2H3. The molecule has 1 atom stereocenters. The van der Waals surface area contributed by atoms with Gasteiger partial charge in [-0.2, -0.15) is 0 Å². The lowest BCUT2D eigenvalue weighted by Crippen LogP contribution is -2.40. The summed E-state index contributed by atoms with van der Waals surface area (Å²) >= 11 is 0. The molecule has 2 heterocycles. The predicted molar refractivity (Wildman–Crippen MR) is 219 cm³/mol. The zero-order valence-corrected chi connectivity index (χ0v) is 29.2. The van der Waals surface area contributed by atoms with Gasteiger partial charge in [0.1, 0.15) is 12.0 Å². The predicted octanol–water partition coefficient (Wildman–Crippen LogP) is 12.3. The van der Waals surface area contributed by atoms with Crippen molar-refractivity contribution in [3.05, 3.63) is 187 Å². The number of aromatic nitrogens is 1. The second-order valence-corrected chi connectivity index (χ2v) is 14.4. The van der Waals surface area contributed by atoms with Gasteiger partial charge in [0.15, 0.2) is 0 Å². The molecule has 7 aromatic carbocycles. The lowest BCUT2D eigenvalue weighted by atomic mass is 9.79. The zero-order chi connectivity index (χ0) is 34.8. The molecule has 1 N–H and O–H groups in total. The Hall–Kier alpha value is -6.45. The van der Waals surface area contributed by atoms with Crippen LogP contribution in [0.2, 0.25) is 0 Å². The average molecular weight is 668 g/mol. The molecule has 10 rings (SSSR count). The highest BCUT2D eigenvalue weighted by Gasteiger charge is 2.37. The van der Waals surface area contributed by atoms with Crippen LogP contribution in [-0.4, -0.2) is 11.1 Å². The highest BCUT2D eigenvalue weighted by molar-refractivity contribution is 6.25. The summed E-state index contributed by atoms with van der Waals surface area (Å²) < 4.78 is 0. The van der Waals surface area contributed by atoms with Crippen LogP contribution in [0.1, 0.15) is 25.0 Å². The number of dihydropyridines is 1. The fourth-order valence-corrected chi connectivity index (χ4v) is 8.81. The molecule has 0 fully saturated rings. The van der Waals surface area contributed by atoms with Crippen molar-refractivity contribution in [2.75, 3.05) is 4.90 Å². The van der Waals surface area contributed by atoms with Gasteiger partial charge in [0.25, 0.3) is 0 Å². The second-order valence-electron chi connectivity index (χ2n) is 14.4. The summed E-state index contributed by atoms with van der Waals surface area (Å²) in [6, 6.07) is 53.4. The van der Waals surface area contributed by atoms with Crippen molar-refractivity contribution in [2.45, 2.75) is 25.4 Å². The van der Waals surface area contributed by atoms with Gasteiger partial charge in [0.05, 0.1) is 0 Å². The smallest absolute Gasteiger partial charge is 0.134 e. The molecule has 3 heteroatoms. The number of fused-ring (bicyclic) bond motifs is 7. The molecule has 248 valence electrons. The van der Waals surface area contributed by atoms with Gasteiger partial charge in [-0.3, -0.25) is 0 Å². The van der Waals surface area contributed by atoms with Crippen molar-refractivity contribution in [2.24, 2.45) is 0 Å². The highest BCUT2D eigenvalue weighted by atomic mass is 15.3. The number of nitrogens with one attached hydrogen (secondary N) is 1. The van der Waals surface area contributed by atoms with E-state index < -0.39 is 0 Å². The number of nitrogens with zero attached hydrogens (tertiary/aromatic N) is 2. The molecule has 0 spiro atoms. The summed E-state index contributed by atoms with van der Waals surface area (Å²) in [5.74, 6) is 0.882. The van der Waals surface area contributed by atoms with E-state index in [1.807, 2.05) is 24.5 Å². The van der Waals surface area contributed by atoms with Gasteiger partial charge in [-0.05, 0) is 126 Å². The molecule has 1 unspecified atom stereocenters. The summed E-state index contributed by atoms with van der Waals surface area (Å²) in [7, 11) is 0. The SMILES string of the molecule is CC1(C)c2ccccc2-c2c1cc(-c1c3ccccc3c(-c3ccccc3)c3ccc(N(c4ccccn4)C4C=CC=CN4)cc13)c1ccccc21. The first-order chi connectivity index (χ1) is 25.6. The Morgan fingerprint density at radius 1 is 0.538 bits per heavy atom. The first-order valence-corrected chi connectivity index (χ1v) is 18.1. The van der Waals surface area contributed by atoms with Crippen molar-refractivity contribution in [3.8, 4) is 33.4 Å². The van der Waals surface area contributed by atoms with Gasteiger partial charge in [-0.1, -0.05) is 135 Å². The second kappa shape index (κ2) is 11.8. The minimum absolute atomic E-state index is 0.102. The maximum absolute atomic E-state index is 4.85. The topological polar surface area (TPSA) is 28.2 Å². The number of rotatable bonds is 5. The number of hydrogen-bond donors (Lipinski definition) is 1. The number of pyridine rings is 1. The Bertz CT molecular complexity index is 2740. The van der Waals surface area contributed by atoms with Crippen LogP contribution in [0.15, 0.2) is 176 Å². The van der Waals surface area contributed by atoms with E-state index in [2.05, 4.69) is 176 Å². The van der Waals surface area contributed by atoms with Crippen LogP contribution in [0, 0.1) is 0 Å². The molecule has 0 amide bonds. The summed E-state index contributed by atoms with van der Waals surface area (Å²) in [6.07, 6.45) is 10.1. The summed E-state index contributed by atoms with van der Waals surface area (Å²) in [5.41, 5.74) is 11.4. The van der Waals surface area contributed by atoms with Gasteiger partial charge in [0, 0.05) is 17.3 Å². The van der Waals surface area contributed by atoms with Crippen LogP contribution < -0.4 is 10.2 Å². The summed E-state index contributed by atoms with van der Waals surface area (Å²) in [5, 5.41) is 11.1. The van der Waals surface area contributed by atoms with Gasteiger partial charge >= 0.3 is 0 Å².